The van der Waals surface area contributed by atoms with E-state index < -0.39 is 28.4 Å². The number of rotatable bonds is 5. The van der Waals surface area contributed by atoms with Crippen LogP contribution in [0, 0.1) is 6.92 Å². The Labute approximate surface area is 101 Å². The molecule has 1 aromatic rings. The molecule has 96 valence electrons. The summed E-state index contributed by atoms with van der Waals surface area (Å²) in [5.74, 6) is -0.501. The largest absolute Gasteiger partial charge is 0.239 e. The molecule has 5 heteroatoms. The van der Waals surface area contributed by atoms with Crippen molar-refractivity contribution in [1.29, 1.82) is 0 Å². The summed E-state index contributed by atoms with van der Waals surface area (Å²) in [6, 6.07) is 5.14. The molecule has 0 aromatic heterocycles. The Bertz CT molecular complexity index is 481. The van der Waals surface area contributed by atoms with Crippen LogP contribution in [0.15, 0.2) is 23.1 Å². The van der Waals surface area contributed by atoms with Gasteiger partial charge in [-0.05, 0) is 30.5 Å². The number of aryl methyl sites for hydroxylation is 2. The second-order valence-electron chi connectivity index (χ2n) is 3.95. The molecule has 0 aliphatic carbocycles. The predicted octanol–water partition coefficient (Wildman–Crippen LogP) is 2.99. The first kappa shape index (κ1) is 14.1. The van der Waals surface area contributed by atoms with E-state index in [0.29, 0.717) is 5.56 Å². The van der Waals surface area contributed by atoms with E-state index in [0.717, 1.165) is 12.0 Å². The highest BCUT2D eigenvalue weighted by molar-refractivity contribution is 7.91. The fourth-order valence-corrected chi connectivity index (χ4v) is 3.15. The van der Waals surface area contributed by atoms with E-state index in [1.807, 2.05) is 13.0 Å². The first-order valence-corrected chi connectivity index (χ1v) is 7.12. The molecule has 0 saturated carbocycles. The van der Waals surface area contributed by atoms with Gasteiger partial charge in [0, 0.05) is 6.42 Å². The summed E-state index contributed by atoms with van der Waals surface area (Å²) >= 11 is 0. The molecule has 0 aliphatic heterocycles. The summed E-state index contributed by atoms with van der Waals surface area (Å²) in [5, 5.41) is 0. The summed E-state index contributed by atoms with van der Waals surface area (Å²) < 4.78 is 47.9. The highest BCUT2D eigenvalue weighted by Crippen LogP contribution is 2.20. The molecule has 0 saturated heterocycles. The SMILES string of the molecule is CCc1ccc(C)c(S(=O)(=O)CCC(F)F)c1. The van der Waals surface area contributed by atoms with Crippen molar-refractivity contribution < 1.29 is 17.2 Å². The number of hydrogen-bond acceptors (Lipinski definition) is 2. The van der Waals surface area contributed by atoms with E-state index in [-0.39, 0.29) is 4.90 Å². The lowest BCUT2D eigenvalue weighted by Crippen LogP contribution is -2.11. The van der Waals surface area contributed by atoms with Crippen LogP contribution in [-0.2, 0) is 16.3 Å². The molecule has 1 rings (SSSR count). The maximum atomic E-state index is 12.1. The molecular formula is C12H16F2O2S. The maximum absolute atomic E-state index is 12.1. The Hall–Kier alpha value is -0.970. The van der Waals surface area contributed by atoms with Gasteiger partial charge in [-0.15, -0.1) is 0 Å². The first-order chi connectivity index (χ1) is 7.86. The Kier molecular flexibility index (Phi) is 4.62. The third-order valence-corrected chi connectivity index (χ3v) is 4.48. The maximum Gasteiger partial charge on any atom is 0.239 e. The fourth-order valence-electron chi connectivity index (χ4n) is 1.55. The van der Waals surface area contributed by atoms with Crippen molar-refractivity contribution in [3.05, 3.63) is 29.3 Å². The second kappa shape index (κ2) is 5.58. The number of sulfone groups is 1. The minimum absolute atomic E-state index is 0.178. The first-order valence-electron chi connectivity index (χ1n) is 5.47. The van der Waals surface area contributed by atoms with Gasteiger partial charge < -0.3 is 0 Å². The Morgan fingerprint density at radius 1 is 1.29 bits per heavy atom. The van der Waals surface area contributed by atoms with E-state index in [9.17, 15) is 17.2 Å². The quantitative estimate of drug-likeness (QED) is 0.817. The summed E-state index contributed by atoms with van der Waals surface area (Å²) in [6.07, 6.45) is -2.48. The van der Waals surface area contributed by atoms with Crippen LogP contribution < -0.4 is 0 Å². The van der Waals surface area contributed by atoms with Crippen LogP contribution in [-0.4, -0.2) is 20.6 Å². The van der Waals surface area contributed by atoms with Crippen molar-refractivity contribution in [2.45, 2.75) is 38.0 Å². The molecule has 0 atom stereocenters. The van der Waals surface area contributed by atoms with Crippen LogP contribution in [0.1, 0.15) is 24.5 Å². The van der Waals surface area contributed by atoms with Crippen molar-refractivity contribution in [3.8, 4) is 0 Å². The molecule has 0 heterocycles. The lowest BCUT2D eigenvalue weighted by atomic mass is 10.1. The van der Waals surface area contributed by atoms with E-state index in [2.05, 4.69) is 0 Å². The van der Waals surface area contributed by atoms with Crippen molar-refractivity contribution in [1.82, 2.24) is 0 Å². The van der Waals surface area contributed by atoms with Gasteiger partial charge in [0.2, 0.25) is 6.43 Å². The molecule has 0 N–H and O–H groups in total. The molecule has 0 amide bonds. The molecule has 0 unspecified atom stereocenters. The van der Waals surface area contributed by atoms with Gasteiger partial charge in [-0.25, -0.2) is 17.2 Å². The van der Waals surface area contributed by atoms with Crippen LogP contribution in [0.25, 0.3) is 0 Å². The summed E-state index contributed by atoms with van der Waals surface area (Å²) in [4.78, 5) is 0.178. The number of benzene rings is 1. The molecule has 17 heavy (non-hydrogen) atoms. The lowest BCUT2D eigenvalue weighted by Gasteiger charge is -2.09. The van der Waals surface area contributed by atoms with Gasteiger partial charge in [0.25, 0.3) is 0 Å². The molecule has 0 bridgehead atoms. The zero-order chi connectivity index (χ0) is 13.1. The van der Waals surface area contributed by atoms with Gasteiger partial charge in [0.05, 0.1) is 10.6 Å². The minimum Gasteiger partial charge on any atom is -0.224 e. The third-order valence-electron chi connectivity index (χ3n) is 2.60. The Morgan fingerprint density at radius 2 is 1.94 bits per heavy atom. The van der Waals surface area contributed by atoms with Gasteiger partial charge in [-0.2, -0.15) is 0 Å². The van der Waals surface area contributed by atoms with Gasteiger partial charge in [-0.1, -0.05) is 19.1 Å². The van der Waals surface area contributed by atoms with E-state index in [1.54, 1.807) is 19.1 Å². The fraction of sp³-hybridized carbons (Fsp3) is 0.500. The smallest absolute Gasteiger partial charge is 0.224 e. The average Bonchev–Trinajstić information content (AvgIpc) is 2.27. The highest BCUT2D eigenvalue weighted by atomic mass is 32.2. The summed E-state index contributed by atoms with van der Waals surface area (Å²) in [6.45, 7) is 3.59. The van der Waals surface area contributed by atoms with E-state index >= 15 is 0 Å². The standard InChI is InChI=1S/C12H16F2O2S/c1-3-10-5-4-9(2)11(8-10)17(15,16)7-6-12(13)14/h4-5,8,12H,3,6-7H2,1-2H3. The molecule has 0 spiro atoms. The number of halogens is 2. The van der Waals surface area contributed by atoms with E-state index in [1.165, 1.54) is 0 Å². The zero-order valence-electron chi connectivity index (χ0n) is 9.91. The van der Waals surface area contributed by atoms with Gasteiger partial charge in [0.1, 0.15) is 0 Å². The Morgan fingerprint density at radius 3 is 2.47 bits per heavy atom. The summed E-state index contributed by atoms with van der Waals surface area (Å²) in [5.41, 5.74) is 1.50. The van der Waals surface area contributed by atoms with Gasteiger partial charge >= 0.3 is 0 Å². The molecule has 0 aliphatic rings. The van der Waals surface area contributed by atoms with Crippen molar-refractivity contribution in [2.75, 3.05) is 5.75 Å². The summed E-state index contributed by atoms with van der Waals surface area (Å²) in [7, 11) is -3.60. The molecule has 0 radical (unpaired) electrons. The van der Waals surface area contributed by atoms with E-state index in [4.69, 9.17) is 0 Å². The molecule has 0 fully saturated rings. The lowest BCUT2D eigenvalue weighted by molar-refractivity contribution is 0.145. The third kappa shape index (κ3) is 3.77. The van der Waals surface area contributed by atoms with Gasteiger partial charge in [0.15, 0.2) is 9.84 Å². The van der Waals surface area contributed by atoms with Crippen molar-refractivity contribution >= 4 is 9.84 Å². The minimum atomic E-state index is -3.60. The Balaban J connectivity index is 3.05. The van der Waals surface area contributed by atoms with Crippen molar-refractivity contribution in [2.24, 2.45) is 0 Å². The van der Waals surface area contributed by atoms with Gasteiger partial charge in [-0.3, -0.25) is 0 Å². The molecular weight excluding hydrogens is 246 g/mol. The second-order valence-corrected chi connectivity index (χ2v) is 6.03. The highest BCUT2D eigenvalue weighted by Gasteiger charge is 2.19. The van der Waals surface area contributed by atoms with Crippen LogP contribution in [0.2, 0.25) is 0 Å². The average molecular weight is 262 g/mol. The van der Waals surface area contributed by atoms with Crippen LogP contribution in [0.3, 0.4) is 0 Å². The topological polar surface area (TPSA) is 34.1 Å². The van der Waals surface area contributed by atoms with Crippen molar-refractivity contribution in [3.63, 3.8) is 0 Å². The van der Waals surface area contributed by atoms with Crippen LogP contribution >= 0.6 is 0 Å². The zero-order valence-corrected chi connectivity index (χ0v) is 10.7. The van der Waals surface area contributed by atoms with Crippen LogP contribution in [0.5, 0.6) is 0 Å². The number of hydrogen-bond donors (Lipinski definition) is 0. The molecule has 1 aromatic carbocycles. The predicted molar refractivity (Wildman–Crippen MR) is 63.2 cm³/mol. The van der Waals surface area contributed by atoms with Crippen LogP contribution in [0.4, 0.5) is 8.78 Å². The normalized spacial score (nSPS) is 12.1. The number of alkyl halides is 2. The monoisotopic (exact) mass is 262 g/mol. The molecule has 2 nitrogen and oxygen atoms in total.